The molecular weight excluding hydrogens is 356 g/mol. The number of methoxy groups -OCH3 is 3. The normalized spacial score (nSPS) is 10.5. The van der Waals surface area contributed by atoms with Gasteiger partial charge in [-0.25, -0.2) is 0 Å². The van der Waals surface area contributed by atoms with Crippen molar-refractivity contribution in [2.24, 2.45) is 0 Å². The Bertz CT molecular complexity index is 767. The molecule has 0 aliphatic rings. The van der Waals surface area contributed by atoms with Crippen LogP contribution < -0.4 is 19.5 Å². The molecule has 140 valence electrons. The number of benzene rings is 2. The minimum Gasteiger partial charge on any atom is -0.495 e. The molecule has 2 aromatic rings. The van der Waals surface area contributed by atoms with E-state index in [0.717, 1.165) is 5.56 Å². The summed E-state index contributed by atoms with van der Waals surface area (Å²) in [7, 11) is 6.59. The van der Waals surface area contributed by atoms with E-state index in [4.69, 9.17) is 25.8 Å². The van der Waals surface area contributed by atoms with E-state index in [9.17, 15) is 4.79 Å². The first kappa shape index (κ1) is 19.9. The second-order valence-electron chi connectivity index (χ2n) is 5.72. The van der Waals surface area contributed by atoms with E-state index < -0.39 is 0 Å². The lowest BCUT2D eigenvalue weighted by Crippen LogP contribution is -2.30. The smallest absolute Gasteiger partial charge is 0.238 e. The molecule has 0 saturated heterocycles. The number of hydrogen-bond donors (Lipinski definition) is 1. The van der Waals surface area contributed by atoms with Crippen molar-refractivity contribution < 1.29 is 19.0 Å². The average molecular weight is 379 g/mol. The fraction of sp³-hybridized carbons (Fsp3) is 0.316. The predicted molar refractivity (Wildman–Crippen MR) is 103 cm³/mol. The maximum atomic E-state index is 12.4. The Morgan fingerprint density at radius 3 is 2.46 bits per heavy atom. The van der Waals surface area contributed by atoms with Crippen LogP contribution in [0.2, 0.25) is 5.02 Å². The van der Waals surface area contributed by atoms with Crippen molar-refractivity contribution in [2.75, 3.05) is 40.2 Å². The molecule has 0 bridgehead atoms. The molecule has 0 spiro atoms. The summed E-state index contributed by atoms with van der Waals surface area (Å²) >= 11 is 5.99. The van der Waals surface area contributed by atoms with E-state index in [1.807, 2.05) is 30.1 Å². The van der Waals surface area contributed by atoms with Gasteiger partial charge >= 0.3 is 0 Å². The zero-order valence-electron chi connectivity index (χ0n) is 15.3. The van der Waals surface area contributed by atoms with Gasteiger partial charge < -0.3 is 19.5 Å². The molecule has 0 aliphatic carbocycles. The van der Waals surface area contributed by atoms with Crippen molar-refractivity contribution in [2.45, 2.75) is 6.54 Å². The van der Waals surface area contributed by atoms with E-state index in [2.05, 4.69) is 5.32 Å². The zero-order chi connectivity index (χ0) is 19.1. The molecule has 0 fully saturated rings. The summed E-state index contributed by atoms with van der Waals surface area (Å²) in [5, 5.41) is 3.35. The molecule has 1 N–H and O–H groups in total. The number of anilines is 1. The van der Waals surface area contributed by atoms with Gasteiger partial charge in [0.15, 0.2) is 11.5 Å². The van der Waals surface area contributed by atoms with Crippen LogP contribution in [-0.4, -0.2) is 45.7 Å². The molecule has 0 radical (unpaired) electrons. The third-order valence-electron chi connectivity index (χ3n) is 3.77. The van der Waals surface area contributed by atoms with Crippen LogP contribution in [0.4, 0.5) is 5.69 Å². The van der Waals surface area contributed by atoms with Crippen LogP contribution in [0.5, 0.6) is 17.2 Å². The van der Waals surface area contributed by atoms with Gasteiger partial charge in [0.25, 0.3) is 0 Å². The number of nitrogens with zero attached hydrogens (tertiary/aromatic N) is 1. The van der Waals surface area contributed by atoms with Crippen LogP contribution >= 0.6 is 11.6 Å². The number of para-hydroxylation sites is 1. The number of hydrogen-bond acceptors (Lipinski definition) is 5. The van der Waals surface area contributed by atoms with Crippen molar-refractivity contribution in [3.05, 3.63) is 47.0 Å². The van der Waals surface area contributed by atoms with Crippen molar-refractivity contribution in [1.29, 1.82) is 0 Å². The third kappa shape index (κ3) is 5.03. The number of halogens is 1. The van der Waals surface area contributed by atoms with Crippen molar-refractivity contribution in [1.82, 2.24) is 4.90 Å². The van der Waals surface area contributed by atoms with Gasteiger partial charge in [0.05, 0.1) is 33.6 Å². The Kier molecular flexibility index (Phi) is 7.12. The quantitative estimate of drug-likeness (QED) is 0.762. The Balaban J connectivity index is 2.03. The maximum absolute atomic E-state index is 12.4. The number of carbonyl (C=O) groups is 1. The van der Waals surface area contributed by atoms with Gasteiger partial charge in [-0.1, -0.05) is 23.7 Å². The Hall–Kier alpha value is -2.44. The minimum atomic E-state index is -0.171. The van der Waals surface area contributed by atoms with Gasteiger partial charge in [-0.2, -0.15) is 0 Å². The summed E-state index contributed by atoms with van der Waals surface area (Å²) in [6, 6.07) is 10.7. The topological polar surface area (TPSA) is 60.0 Å². The number of likely N-dealkylation sites (N-methyl/N-ethyl adjacent to an activating group) is 1. The molecule has 6 nitrogen and oxygen atoms in total. The van der Waals surface area contributed by atoms with Gasteiger partial charge in [0, 0.05) is 17.1 Å². The zero-order valence-corrected chi connectivity index (χ0v) is 16.1. The molecule has 0 saturated carbocycles. The maximum Gasteiger partial charge on any atom is 0.238 e. The first-order valence-corrected chi connectivity index (χ1v) is 8.38. The third-order valence-corrected chi connectivity index (χ3v) is 4.01. The summed E-state index contributed by atoms with van der Waals surface area (Å²) < 4.78 is 16.0. The van der Waals surface area contributed by atoms with Crippen LogP contribution in [-0.2, 0) is 11.3 Å². The van der Waals surface area contributed by atoms with Gasteiger partial charge in [0.1, 0.15) is 5.75 Å². The van der Waals surface area contributed by atoms with Gasteiger partial charge in [-0.15, -0.1) is 0 Å². The van der Waals surface area contributed by atoms with E-state index in [0.29, 0.717) is 34.5 Å². The van der Waals surface area contributed by atoms with E-state index in [-0.39, 0.29) is 12.5 Å². The number of amides is 1. The summed E-state index contributed by atoms with van der Waals surface area (Å²) in [5.74, 6) is 1.71. The van der Waals surface area contributed by atoms with Crippen LogP contribution in [0, 0.1) is 0 Å². The molecule has 0 aromatic heterocycles. The van der Waals surface area contributed by atoms with E-state index in [1.165, 1.54) is 0 Å². The van der Waals surface area contributed by atoms with Crippen LogP contribution in [0.3, 0.4) is 0 Å². The summed E-state index contributed by atoms with van der Waals surface area (Å²) in [6.45, 7) is 0.719. The second-order valence-corrected chi connectivity index (χ2v) is 6.15. The van der Waals surface area contributed by atoms with Crippen LogP contribution in [0.25, 0.3) is 0 Å². The lowest BCUT2D eigenvalue weighted by atomic mass is 10.1. The van der Waals surface area contributed by atoms with Gasteiger partial charge in [0.2, 0.25) is 5.91 Å². The number of carbonyl (C=O) groups excluding carboxylic acids is 1. The van der Waals surface area contributed by atoms with Gasteiger partial charge in [-0.05, 0) is 31.3 Å². The molecular formula is C19H23ClN2O4. The predicted octanol–water partition coefficient (Wildman–Crippen LogP) is 3.44. The van der Waals surface area contributed by atoms with Crippen molar-refractivity contribution in [3.63, 3.8) is 0 Å². The first-order valence-electron chi connectivity index (χ1n) is 8.00. The van der Waals surface area contributed by atoms with Crippen LogP contribution in [0.1, 0.15) is 5.56 Å². The molecule has 26 heavy (non-hydrogen) atoms. The standard InChI is InChI=1S/C19H23ClN2O4/c1-22(11-13-6-5-7-17(25-3)19(13)26-4)12-18(23)21-15-10-14(20)8-9-16(15)24-2/h5-10H,11-12H2,1-4H3,(H,21,23). The fourth-order valence-corrected chi connectivity index (χ4v) is 2.81. The number of nitrogens with one attached hydrogen (secondary N) is 1. The van der Waals surface area contributed by atoms with E-state index >= 15 is 0 Å². The number of rotatable bonds is 8. The highest BCUT2D eigenvalue weighted by Gasteiger charge is 2.14. The minimum absolute atomic E-state index is 0.171. The van der Waals surface area contributed by atoms with Crippen molar-refractivity contribution in [3.8, 4) is 17.2 Å². The highest BCUT2D eigenvalue weighted by atomic mass is 35.5. The molecule has 2 rings (SSSR count). The molecule has 0 aliphatic heterocycles. The highest BCUT2D eigenvalue weighted by molar-refractivity contribution is 6.31. The molecule has 0 unspecified atom stereocenters. The average Bonchev–Trinajstić information content (AvgIpc) is 2.61. The van der Waals surface area contributed by atoms with Gasteiger partial charge in [-0.3, -0.25) is 9.69 Å². The number of ether oxygens (including phenoxy) is 3. The molecule has 7 heteroatoms. The van der Waals surface area contributed by atoms with Crippen molar-refractivity contribution >= 4 is 23.2 Å². The molecule has 1 amide bonds. The second kappa shape index (κ2) is 9.31. The Morgan fingerprint density at radius 2 is 1.81 bits per heavy atom. The Labute approximate surface area is 158 Å². The summed E-state index contributed by atoms with van der Waals surface area (Å²) in [4.78, 5) is 14.2. The summed E-state index contributed by atoms with van der Waals surface area (Å²) in [5.41, 5.74) is 1.47. The monoisotopic (exact) mass is 378 g/mol. The fourth-order valence-electron chi connectivity index (χ4n) is 2.64. The lowest BCUT2D eigenvalue weighted by molar-refractivity contribution is -0.117. The lowest BCUT2D eigenvalue weighted by Gasteiger charge is -2.19. The Morgan fingerprint density at radius 1 is 1.08 bits per heavy atom. The largest absolute Gasteiger partial charge is 0.495 e. The van der Waals surface area contributed by atoms with Crippen LogP contribution in [0.15, 0.2) is 36.4 Å². The molecule has 2 aromatic carbocycles. The van der Waals surface area contributed by atoms with E-state index in [1.54, 1.807) is 39.5 Å². The highest BCUT2D eigenvalue weighted by Crippen LogP contribution is 2.31. The SMILES string of the molecule is COc1ccc(Cl)cc1NC(=O)CN(C)Cc1cccc(OC)c1OC. The first-order chi connectivity index (χ1) is 12.5. The molecule has 0 atom stereocenters. The molecule has 0 heterocycles. The summed E-state index contributed by atoms with van der Waals surface area (Å²) in [6.07, 6.45) is 0.